The second-order valence-corrected chi connectivity index (χ2v) is 9.51. The number of furan rings is 1. The molecule has 3 atom stereocenters. The van der Waals surface area contributed by atoms with Crippen molar-refractivity contribution in [2.75, 3.05) is 26.2 Å². The molecule has 2 fully saturated rings. The first kappa shape index (κ1) is 23.5. The van der Waals surface area contributed by atoms with Crippen LogP contribution in [-0.2, 0) is 27.5 Å². The van der Waals surface area contributed by atoms with Crippen molar-refractivity contribution in [3.8, 4) is 0 Å². The first-order chi connectivity index (χ1) is 16.8. The van der Waals surface area contributed by atoms with E-state index < -0.39 is 34.2 Å². The van der Waals surface area contributed by atoms with Crippen LogP contribution < -0.4 is 5.32 Å². The van der Waals surface area contributed by atoms with Gasteiger partial charge >= 0.3 is 0 Å². The minimum absolute atomic E-state index is 0.00857. The van der Waals surface area contributed by atoms with Crippen molar-refractivity contribution in [3.63, 3.8) is 0 Å². The minimum atomic E-state index is -1.06. The summed E-state index contributed by atoms with van der Waals surface area (Å²) in [7, 11) is 0. The van der Waals surface area contributed by atoms with E-state index in [9.17, 15) is 24.0 Å². The molecule has 3 unspecified atom stereocenters. The van der Waals surface area contributed by atoms with Crippen molar-refractivity contribution in [1.29, 1.82) is 0 Å². The lowest BCUT2D eigenvalue weighted by molar-refractivity contribution is -1.14. The Kier molecular flexibility index (Phi) is 6.12. The smallest absolute Gasteiger partial charge is 0.274 e. The largest absolute Gasteiger partial charge is 0.463 e. The molecule has 0 aliphatic carbocycles. The van der Waals surface area contributed by atoms with Gasteiger partial charge in [-0.1, -0.05) is 23.7 Å². The number of benzene rings is 1. The maximum Gasteiger partial charge on any atom is 0.274 e. The zero-order valence-electron chi connectivity index (χ0n) is 18.8. The summed E-state index contributed by atoms with van der Waals surface area (Å²) in [6.07, 6.45) is 2.77. The molecular weight excluding hydrogens is 479 g/mol. The summed E-state index contributed by atoms with van der Waals surface area (Å²) in [6.45, 7) is 1.23. The molecule has 4 heterocycles. The molecule has 2 amide bonds. The van der Waals surface area contributed by atoms with E-state index in [1.165, 1.54) is 24.5 Å². The maximum absolute atomic E-state index is 14.2. The number of carbonyl (C=O) groups excluding carboxylic acids is 3. The number of nitrogens with zero attached hydrogens (tertiary/aromatic N) is 3. The third-order valence-electron chi connectivity index (χ3n) is 6.90. The monoisotopic (exact) mass is 503 g/mol. The first-order valence-corrected chi connectivity index (χ1v) is 11.8. The van der Waals surface area contributed by atoms with Crippen molar-refractivity contribution in [2.24, 2.45) is 5.92 Å². The molecule has 2 saturated heterocycles. The highest BCUT2D eigenvalue weighted by molar-refractivity contribution is 6.30. The normalized spacial score (nSPS) is 26.2. The van der Waals surface area contributed by atoms with Crippen molar-refractivity contribution in [3.05, 3.63) is 70.5 Å². The predicted octanol–water partition coefficient (Wildman–Crippen LogP) is 2.05. The Hall–Kier alpha value is -3.21. The molecule has 9 nitrogen and oxygen atoms in total. The van der Waals surface area contributed by atoms with E-state index >= 15 is 0 Å². The van der Waals surface area contributed by atoms with Gasteiger partial charge in [0.25, 0.3) is 5.91 Å². The molecule has 0 spiro atoms. The van der Waals surface area contributed by atoms with Crippen LogP contribution in [0.2, 0.25) is 5.02 Å². The molecule has 2 aromatic rings. The van der Waals surface area contributed by atoms with Crippen LogP contribution in [-0.4, -0.2) is 69.6 Å². The van der Waals surface area contributed by atoms with Crippen LogP contribution in [0.4, 0.5) is 4.39 Å². The van der Waals surface area contributed by atoms with Crippen LogP contribution in [0, 0.1) is 11.7 Å². The topological polar surface area (TPSA) is 103 Å². The van der Waals surface area contributed by atoms with Crippen molar-refractivity contribution < 1.29 is 33.0 Å². The number of hydrogen-bond donors (Lipinski definition) is 2. The molecule has 2 N–H and O–H groups in total. The van der Waals surface area contributed by atoms with Crippen LogP contribution >= 0.6 is 11.6 Å². The van der Waals surface area contributed by atoms with Gasteiger partial charge in [0.05, 0.1) is 17.8 Å². The number of ketones is 1. The molecule has 1 aromatic carbocycles. The summed E-state index contributed by atoms with van der Waals surface area (Å²) in [6, 6.07) is 8.00. The van der Waals surface area contributed by atoms with Gasteiger partial charge < -0.3 is 14.6 Å². The van der Waals surface area contributed by atoms with Crippen molar-refractivity contribution in [2.45, 2.75) is 25.7 Å². The number of amides is 2. The molecule has 1 aromatic heterocycles. The second kappa shape index (κ2) is 9.10. The number of quaternary nitrogens is 1. The molecule has 3 aliphatic heterocycles. The number of hydroxylamine groups is 3. The van der Waals surface area contributed by atoms with Crippen LogP contribution in [0.25, 0.3) is 0 Å². The number of halogens is 2. The van der Waals surface area contributed by atoms with Gasteiger partial charge in [-0.2, -0.15) is 4.65 Å². The van der Waals surface area contributed by atoms with Gasteiger partial charge in [0.1, 0.15) is 24.0 Å². The van der Waals surface area contributed by atoms with E-state index in [1.807, 2.05) is 0 Å². The SMILES string of the molecule is O=C1C=C2C(=O)N3CCC[N+](O)(Cc4ccco4)C3CN2CC1C(=O)NCc1cccc(Cl)c1F. The Balaban J connectivity index is 1.33. The standard InChI is InChI=1S/C24H24ClFN4O5/c25-18-6-1-4-15(22(18)26)11-27-23(32)17-12-28-13-21-29(24(33)19(28)10-20(17)31)7-3-8-30(21,34)14-16-5-2-9-35-16/h1-2,4-6,9-10,17,21,34H,3,7-8,11-14H2/p+1. The number of carbonyl (C=O) groups is 3. The highest BCUT2D eigenvalue weighted by atomic mass is 35.5. The quantitative estimate of drug-likeness (QED) is 0.478. The van der Waals surface area contributed by atoms with E-state index in [-0.39, 0.29) is 48.4 Å². The highest BCUT2D eigenvalue weighted by Gasteiger charge is 2.53. The zero-order chi connectivity index (χ0) is 24.7. The fourth-order valence-corrected chi connectivity index (χ4v) is 5.26. The minimum Gasteiger partial charge on any atom is -0.463 e. The molecular formula is C24H25ClFN4O5+. The number of allylic oxidation sites excluding steroid dienone is 1. The van der Waals surface area contributed by atoms with Gasteiger partial charge in [0.15, 0.2) is 18.1 Å². The molecule has 35 heavy (non-hydrogen) atoms. The fraction of sp³-hybridized carbons (Fsp3) is 0.375. The Morgan fingerprint density at radius 3 is 2.86 bits per heavy atom. The van der Waals surface area contributed by atoms with Crippen LogP contribution in [0.5, 0.6) is 0 Å². The summed E-state index contributed by atoms with van der Waals surface area (Å²) in [5, 5.41) is 14.0. The van der Waals surface area contributed by atoms with Crippen LogP contribution in [0.15, 0.2) is 52.8 Å². The maximum atomic E-state index is 14.2. The van der Waals surface area contributed by atoms with E-state index in [0.717, 1.165) is 0 Å². The van der Waals surface area contributed by atoms with Gasteiger partial charge in [0, 0.05) is 37.7 Å². The molecule has 184 valence electrons. The first-order valence-electron chi connectivity index (χ1n) is 11.4. The highest BCUT2D eigenvalue weighted by Crippen LogP contribution is 2.33. The second-order valence-electron chi connectivity index (χ2n) is 9.10. The third kappa shape index (κ3) is 4.33. The summed E-state index contributed by atoms with van der Waals surface area (Å²) in [5.74, 6) is -2.48. The number of fused-ring (bicyclic) bond motifs is 2. The molecule has 5 rings (SSSR count). The summed E-state index contributed by atoms with van der Waals surface area (Å²) >= 11 is 5.79. The summed E-state index contributed by atoms with van der Waals surface area (Å²) in [4.78, 5) is 42.2. The summed E-state index contributed by atoms with van der Waals surface area (Å²) in [5.41, 5.74) is 0.430. The van der Waals surface area contributed by atoms with Crippen LogP contribution in [0.3, 0.4) is 0 Å². The van der Waals surface area contributed by atoms with Gasteiger partial charge in [-0.25, -0.2) is 9.60 Å². The average Bonchev–Trinajstić information content (AvgIpc) is 3.33. The Bertz CT molecular complexity index is 1200. The van der Waals surface area contributed by atoms with Crippen molar-refractivity contribution >= 4 is 29.2 Å². The van der Waals surface area contributed by atoms with E-state index in [1.54, 1.807) is 28.0 Å². The van der Waals surface area contributed by atoms with Gasteiger partial charge in [-0.05, 0) is 18.2 Å². The third-order valence-corrected chi connectivity index (χ3v) is 7.19. The Labute approximate surface area is 205 Å². The van der Waals surface area contributed by atoms with Crippen molar-refractivity contribution in [1.82, 2.24) is 15.1 Å². The molecule has 11 heteroatoms. The van der Waals surface area contributed by atoms with E-state index in [2.05, 4.69) is 5.32 Å². The lowest BCUT2D eigenvalue weighted by Gasteiger charge is -2.52. The number of rotatable bonds is 5. The van der Waals surface area contributed by atoms with Gasteiger partial charge in [0.2, 0.25) is 12.1 Å². The van der Waals surface area contributed by atoms with Gasteiger partial charge in [-0.3, -0.25) is 19.3 Å². The predicted molar refractivity (Wildman–Crippen MR) is 121 cm³/mol. The molecule has 3 aliphatic rings. The molecule has 0 radical (unpaired) electrons. The molecule has 0 saturated carbocycles. The summed E-state index contributed by atoms with van der Waals surface area (Å²) < 4.78 is 19.2. The Morgan fingerprint density at radius 1 is 1.26 bits per heavy atom. The zero-order valence-corrected chi connectivity index (χ0v) is 19.6. The van der Waals surface area contributed by atoms with E-state index in [4.69, 9.17) is 16.0 Å². The van der Waals surface area contributed by atoms with Crippen LogP contribution in [0.1, 0.15) is 17.7 Å². The fourth-order valence-electron chi connectivity index (χ4n) is 5.07. The number of hydrogen-bond acceptors (Lipinski definition) is 6. The number of piperazine rings is 1. The Morgan fingerprint density at radius 2 is 2.09 bits per heavy atom. The lowest BCUT2D eigenvalue weighted by atomic mass is 9.94. The lowest BCUT2D eigenvalue weighted by Crippen LogP contribution is -2.72. The average molecular weight is 504 g/mol. The van der Waals surface area contributed by atoms with Gasteiger partial charge in [-0.15, -0.1) is 0 Å². The molecule has 0 bridgehead atoms. The van der Waals surface area contributed by atoms with E-state index in [0.29, 0.717) is 25.3 Å². The number of nitrogens with one attached hydrogen (secondary N) is 1.